The van der Waals surface area contributed by atoms with Gasteiger partial charge in [0.25, 0.3) is 0 Å². The van der Waals surface area contributed by atoms with Crippen LogP contribution in [0.25, 0.3) is 0 Å². The van der Waals surface area contributed by atoms with E-state index in [2.05, 4.69) is 35.9 Å². The van der Waals surface area contributed by atoms with Crippen LogP contribution in [0.4, 0.5) is 0 Å². The van der Waals surface area contributed by atoms with E-state index in [9.17, 15) is 4.79 Å². The Kier molecular flexibility index (Phi) is 4.49. The van der Waals surface area contributed by atoms with Gasteiger partial charge < -0.3 is 0 Å². The van der Waals surface area contributed by atoms with Gasteiger partial charge in [-0.2, -0.15) is 4.99 Å². The Balaban J connectivity index is 2.54. The molecule has 0 spiro atoms. The van der Waals surface area contributed by atoms with Gasteiger partial charge in [-0.15, -0.1) is 35.3 Å². The number of benzene rings is 1. The summed E-state index contributed by atoms with van der Waals surface area (Å²) in [5, 5.41) is 0. The molecule has 0 amide bonds. The van der Waals surface area contributed by atoms with Crippen LogP contribution in [0, 0.1) is 0 Å². The molecule has 5 heteroatoms. The van der Waals surface area contributed by atoms with Crippen molar-refractivity contribution in [2.75, 3.05) is 18.8 Å². The predicted octanol–water partition coefficient (Wildman–Crippen LogP) is 4.18. The second-order valence-corrected chi connectivity index (χ2v) is 6.66. The van der Waals surface area contributed by atoms with E-state index in [0.29, 0.717) is 0 Å². The van der Waals surface area contributed by atoms with E-state index in [1.165, 1.54) is 14.7 Å². The first-order chi connectivity index (χ1) is 8.70. The Hall–Kier alpha value is -0.350. The Bertz CT molecular complexity index is 480. The molecule has 2 nitrogen and oxygen atoms in total. The van der Waals surface area contributed by atoms with E-state index in [-0.39, 0.29) is 5.54 Å². The van der Waals surface area contributed by atoms with Crippen molar-refractivity contribution < 1.29 is 4.79 Å². The lowest BCUT2D eigenvalue weighted by Crippen LogP contribution is -2.03. The molecule has 1 aromatic carbocycles. The molecule has 0 aromatic heterocycles. The quantitative estimate of drug-likeness (QED) is 0.463. The first-order valence-corrected chi connectivity index (χ1v) is 9.27. The summed E-state index contributed by atoms with van der Waals surface area (Å²) in [4.78, 5) is 18.4. The lowest BCUT2D eigenvalue weighted by atomic mass is 10.1. The molecule has 0 saturated heterocycles. The van der Waals surface area contributed by atoms with Gasteiger partial charge in [-0.1, -0.05) is 0 Å². The Labute approximate surface area is 120 Å². The van der Waals surface area contributed by atoms with Gasteiger partial charge in [-0.05, 0) is 49.3 Å². The molecule has 0 radical (unpaired) electrons. The summed E-state index contributed by atoms with van der Waals surface area (Å²) < 4.78 is 0. The number of isocyanates is 1. The van der Waals surface area contributed by atoms with Gasteiger partial charge in [0.05, 0.1) is 5.54 Å². The van der Waals surface area contributed by atoms with Crippen molar-refractivity contribution in [2.45, 2.75) is 33.1 Å². The summed E-state index contributed by atoms with van der Waals surface area (Å²) in [5.74, 6) is 0. The lowest BCUT2D eigenvalue weighted by molar-refractivity contribution is 0.556. The van der Waals surface area contributed by atoms with Crippen molar-refractivity contribution in [1.82, 2.24) is 0 Å². The van der Waals surface area contributed by atoms with Gasteiger partial charge in [0.2, 0.25) is 6.08 Å². The highest BCUT2D eigenvalue weighted by molar-refractivity contribution is 8.03. The van der Waals surface area contributed by atoms with Crippen LogP contribution < -0.4 is 0 Å². The average molecular weight is 297 g/mol. The summed E-state index contributed by atoms with van der Waals surface area (Å²) in [6.45, 7) is 0. The normalized spacial score (nSPS) is 16.2. The Morgan fingerprint density at radius 2 is 1.67 bits per heavy atom. The van der Waals surface area contributed by atoms with Crippen molar-refractivity contribution in [3.05, 3.63) is 17.7 Å². The van der Waals surface area contributed by atoms with Crippen LogP contribution in [0.2, 0.25) is 0 Å². The highest BCUT2D eigenvalue weighted by Gasteiger charge is 2.45. The first kappa shape index (κ1) is 14.1. The molecule has 0 aliphatic heterocycles. The summed E-state index contributed by atoms with van der Waals surface area (Å²) in [7, 11) is 0. The van der Waals surface area contributed by atoms with E-state index in [1.54, 1.807) is 41.4 Å². The monoisotopic (exact) mass is 297 g/mol. The Morgan fingerprint density at radius 1 is 1.11 bits per heavy atom. The van der Waals surface area contributed by atoms with Crippen molar-refractivity contribution in [1.29, 1.82) is 0 Å². The predicted molar refractivity (Wildman–Crippen MR) is 80.8 cm³/mol. The van der Waals surface area contributed by atoms with Crippen LogP contribution in [0.15, 0.2) is 31.8 Å². The molecular formula is C13H15NOS3. The first-order valence-electron chi connectivity index (χ1n) is 5.60. The fraction of sp³-hybridized carbons (Fsp3) is 0.462. The zero-order valence-electron chi connectivity index (χ0n) is 10.6. The van der Waals surface area contributed by atoms with Gasteiger partial charge in [0.15, 0.2) is 0 Å². The van der Waals surface area contributed by atoms with Crippen LogP contribution in [-0.4, -0.2) is 24.8 Å². The summed E-state index contributed by atoms with van der Waals surface area (Å²) in [6.07, 6.45) is 9.93. The second-order valence-electron chi connectivity index (χ2n) is 4.15. The molecule has 1 saturated carbocycles. The van der Waals surface area contributed by atoms with E-state index in [1.807, 2.05) is 0 Å². The molecule has 1 fully saturated rings. The van der Waals surface area contributed by atoms with E-state index < -0.39 is 0 Å². The van der Waals surface area contributed by atoms with Crippen LogP contribution in [0.5, 0.6) is 0 Å². The molecule has 18 heavy (non-hydrogen) atoms. The molecular weight excluding hydrogens is 282 g/mol. The molecule has 0 atom stereocenters. The van der Waals surface area contributed by atoms with Gasteiger partial charge in [-0.25, -0.2) is 4.79 Å². The number of hydrogen-bond acceptors (Lipinski definition) is 5. The van der Waals surface area contributed by atoms with Crippen molar-refractivity contribution in [3.8, 4) is 0 Å². The largest absolute Gasteiger partial charge is 0.235 e. The summed E-state index contributed by atoms with van der Waals surface area (Å²) in [5.41, 5.74) is 0.894. The van der Waals surface area contributed by atoms with E-state index in [4.69, 9.17) is 0 Å². The minimum atomic E-state index is -0.270. The van der Waals surface area contributed by atoms with Crippen LogP contribution >= 0.6 is 35.3 Å². The van der Waals surface area contributed by atoms with Gasteiger partial charge in [0, 0.05) is 14.7 Å². The third kappa shape index (κ3) is 2.50. The van der Waals surface area contributed by atoms with Crippen molar-refractivity contribution in [3.63, 3.8) is 0 Å². The zero-order chi connectivity index (χ0) is 13.2. The van der Waals surface area contributed by atoms with E-state index in [0.717, 1.165) is 18.4 Å². The molecule has 0 N–H and O–H groups in total. The zero-order valence-corrected chi connectivity index (χ0v) is 13.1. The SMILES string of the molecule is CSc1cc(C2(N=C=O)CC2)cc(SC)c1SC. The minimum absolute atomic E-state index is 0.270. The second kappa shape index (κ2) is 5.74. The molecule has 96 valence electrons. The topological polar surface area (TPSA) is 29.4 Å². The van der Waals surface area contributed by atoms with Crippen LogP contribution in [-0.2, 0) is 10.3 Å². The Morgan fingerprint density at radius 3 is 2.00 bits per heavy atom. The molecule has 1 aliphatic rings. The molecule has 0 unspecified atom stereocenters. The van der Waals surface area contributed by atoms with Gasteiger partial charge in [0.1, 0.15) is 0 Å². The molecule has 2 rings (SSSR count). The lowest BCUT2D eigenvalue weighted by Gasteiger charge is -2.16. The summed E-state index contributed by atoms with van der Waals surface area (Å²) >= 11 is 5.28. The number of nitrogens with zero attached hydrogens (tertiary/aromatic N) is 1. The molecule has 0 bridgehead atoms. The van der Waals surface area contributed by atoms with E-state index >= 15 is 0 Å². The molecule has 0 heterocycles. The maximum Gasteiger partial charge on any atom is 0.235 e. The number of rotatable bonds is 5. The van der Waals surface area contributed by atoms with Crippen LogP contribution in [0.3, 0.4) is 0 Å². The number of carbonyl (C=O) groups excluding carboxylic acids is 1. The smallest absolute Gasteiger partial charge is 0.211 e. The average Bonchev–Trinajstić information content (AvgIpc) is 3.18. The minimum Gasteiger partial charge on any atom is -0.211 e. The highest BCUT2D eigenvalue weighted by atomic mass is 32.2. The number of hydrogen-bond donors (Lipinski definition) is 0. The van der Waals surface area contributed by atoms with Gasteiger partial charge >= 0.3 is 0 Å². The number of thioether (sulfide) groups is 3. The van der Waals surface area contributed by atoms with Crippen molar-refractivity contribution in [2.24, 2.45) is 4.99 Å². The maximum atomic E-state index is 10.6. The summed E-state index contributed by atoms with van der Waals surface area (Å²) in [6, 6.07) is 4.37. The fourth-order valence-corrected chi connectivity index (χ4v) is 4.69. The third-order valence-corrected chi connectivity index (χ3v) is 5.82. The third-order valence-electron chi connectivity index (χ3n) is 3.19. The van der Waals surface area contributed by atoms with Gasteiger partial charge in [-0.3, -0.25) is 0 Å². The standard InChI is InChI=1S/C13H15NOS3/c1-16-10-6-9(13(4-5-13)14-8-15)7-11(17-2)12(10)18-3/h6-7H,4-5H2,1-3H3. The highest BCUT2D eigenvalue weighted by Crippen LogP contribution is 2.51. The fourth-order valence-electron chi connectivity index (χ4n) is 2.02. The maximum absolute atomic E-state index is 10.6. The molecule has 1 aliphatic carbocycles. The van der Waals surface area contributed by atoms with Crippen LogP contribution in [0.1, 0.15) is 18.4 Å². The van der Waals surface area contributed by atoms with Crippen molar-refractivity contribution >= 4 is 41.4 Å². The number of aliphatic imine (C=N–C) groups is 1. The molecule has 1 aromatic rings.